The van der Waals surface area contributed by atoms with Gasteiger partial charge in [0.2, 0.25) is 0 Å². The molecule has 0 saturated heterocycles. The minimum Gasteiger partial charge on any atom is -0.484 e. The number of halogens is 1. The Morgan fingerprint density at radius 3 is 2.40 bits per heavy atom. The fourth-order valence-electron chi connectivity index (χ4n) is 2.98. The zero-order chi connectivity index (χ0) is 21.1. The number of nitrogens with one attached hydrogen (secondary N) is 1. The van der Waals surface area contributed by atoms with Gasteiger partial charge in [-0.05, 0) is 66.1 Å². The third kappa shape index (κ3) is 4.68. The van der Waals surface area contributed by atoms with Gasteiger partial charge in [0.1, 0.15) is 16.8 Å². The molecule has 0 aliphatic heterocycles. The number of aromatic nitrogens is 3. The van der Waals surface area contributed by atoms with Crippen LogP contribution < -0.4 is 10.1 Å². The smallest absolute Gasteiger partial charge is 0.262 e. The van der Waals surface area contributed by atoms with E-state index in [1.165, 1.54) is 5.56 Å². The van der Waals surface area contributed by atoms with E-state index in [0.29, 0.717) is 22.9 Å². The Kier molecular flexibility index (Phi) is 5.81. The Labute approximate surface area is 183 Å². The quantitative estimate of drug-likeness (QED) is 0.418. The molecule has 0 aliphatic rings. The molecule has 1 amide bonds. The molecule has 0 aliphatic carbocycles. The Bertz CT molecular complexity index is 1170. The van der Waals surface area contributed by atoms with Gasteiger partial charge in [0.15, 0.2) is 6.61 Å². The van der Waals surface area contributed by atoms with Gasteiger partial charge in [-0.15, -0.1) is 10.2 Å². The first-order chi connectivity index (χ1) is 14.5. The van der Waals surface area contributed by atoms with Crippen molar-refractivity contribution in [3.63, 3.8) is 0 Å². The maximum absolute atomic E-state index is 12.2. The first-order valence-electron chi connectivity index (χ1n) is 9.63. The molecule has 30 heavy (non-hydrogen) atoms. The van der Waals surface area contributed by atoms with Crippen molar-refractivity contribution in [2.75, 3.05) is 11.9 Å². The van der Waals surface area contributed by atoms with E-state index in [-0.39, 0.29) is 12.5 Å². The van der Waals surface area contributed by atoms with Gasteiger partial charge in [-0.25, -0.2) is 0 Å². The van der Waals surface area contributed by atoms with Crippen LogP contribution >= 0.6 is 15.9 Å². The van der Waals surface area contributed by atoms with Gasteiger partial charge in [0.25, 0.3) is 5.91 Å². The van der Waals surface area contributed by atoms with Crippen LogP contribution in [0, 0.1) is 0 Å². The number of carbonyl (C=O) groups is 1. The van der Waals surface area contributed by atoms with E-state index in [4.69, 9.17) is 4.74 Å². The Morgan fingerprint density at radius 1 is 1.00 bits per heavy atom. The van der Waals surface area contributed by atoms with Crippen LogP contribution in [0.1, 0.15) is 25.3 Å². The van der Waals surface area contributed by atoms with Crippen molar-refractivity contribution >= 4 is 38.6 Å². The second kappa shape index (κ2) is 8.67. The standard InChI is InChI=1S/C23H21BrN4O2/c1-15(2)16-3-8-19(9-4-16)28-26-21-12-7-18(13-22(21)27-28)25-23(29)14-30-20-10-5-17(24)6-11-20/h3-13,15H,14H2,1-2H3,(H,25,29). The average Bonchev–Trinajstić information content (AvgIpc) is 3.17. The topological polar surface area (TPSA) is 69.0 Å². The van der Waals surface area contributed by atoms with Crippen LogP contribution in [0.3, 0.4) is 0 Å². The lowest BCUT2D eigenvalue weighted by molar-refractivity contribution is -0.118. The summed E-state index contributed by atoms with van der Waals surface area (Å²) in [5.74, 6) is 0.867. The van der Waals surface area contributed by atoms with E-state index in [0.717, 1.165) is 15.7 Å². The molecule has 152 valence electrons. The van der Waals surface area contributed by atoms with Crippen molar-refractivity contribution in [1.29, 1.82) is 0 Å². The monoisotopic (exact) mass is 464 g/mol. The van der Waals surface area contributed by atoms with Gasteiger partial charge in [0, 0.05) is 10.2 Å². The summed E-state index contributed by atoms with van der Waals surface area (Å²) < 4.78 is 6.46. The van der Waals surface area contributed by atoms with Crippen molar-refractivity contribution in [2.24, 2.45) is 0 Å². The molecular weight excluding hydrogens is 444 g/mol. The van der Waals surface area contributed by atoms with Crippen LogP contribution in [-0.2, 0) is 4.79 Å². The number of hydrogen-bond acceptors (Lipinski definition) is 4. The largest absolute Gasteiger partial charge is 0.484 e. The van der Waals surface area contributed by atoms with Gasteiger partial charge >= 0.3 is 0 Å². The fraction of sp³-hybridized carbons (Fsp3) is 0.174. The lowest BCUT2D eigenvalue weighted by Gasteiger charge is -2.07. The van der Waals surface area contributed by atoms with Crippen LogP contribution in [0.15, 0.2) is 71.2 Å². The Hall–Kier alpha value is -3.19. The molecule has 1 aromatic heterocycles. The molecule has 4 rings (SSSR count). The van der Waals surface area contributed by atoms with E-state index >= 15 is 0 Å². The van der Waals surface area contributed by atoms with Gasteiger partial charge in [0.05, 0.1) is 5.69 Å². The lowest BCUT2D eigenvalue weighted by Crippen LogP contribution is -2.20. The molecule has 1 N–H and O–H groups in total. The zero-order valence-electron chi connectivity index (χ0n) is 16.7. The highest BCUT2D eigenvalue weighted by molar-refractivity contribution is 9.10. The van der Waals surface area contributed by atoms with Crippen molar-refractivity contribution in [3.05, 3.63) is 76.8 Å². The summed E-state index contributed by atoms with van der Waals surface area (Å²) in [5, 5.41) is 11.9. The summed E-state index contributed by atoms with van der Waals surface area (Å²) in [6.07, 6.45) is 0. The third-order valence-electron chi connectivity index (χ3n) is 4.64. The molecule has 6 nitrogen and oxygen atoms in total. The molecule has 0 bridgehead atoms. The third-order valence-corrected chi connectivity index (χ3v) is 5.17. The SMILES string of the molecule is CC(C)c1ccc(-n2nc3ccc(NC(=O)COc4ccc(Br)cc4)cc3n2)cc1. The summed E-state index contributed by atoms with van der Waals surface area (Å²) in [4.78, 5) is 13.8. The molecule has 3 aromatic carbocycles. The van der Waals surface area contributed by atoms with Crippen LogP contribution in [0.4, 0.5) is 5.69 Å². The normalized spacial score (nSPS) is 11.1. The number of anilines is 1. The lowest BCUT2D eigenvalue weighted by atomic mass is 10.0. The predicted octanol–water partition coefficient (Wildman–Crippen LogP) is 5.32. The number of ether oxygens (including phenoxy) is 1. The molecule has 0 atom stereocenters. The maximum Gasteiger partial charge on any atom is 0.262 e. The molecule has 4 aromatic rings. The van der Waals surface area contributed by atoms with Crippen LogP contribution in [-0.4, -0.2) is 27.5 Å². The average molecular weight is 465 g/mol. The minimum absolute atomic E-state index is 0.0748. The molecular formula is C23H21BrN4O2. The summed E-state index contributed by atoms with van der Waals surface area (Å²) in [7, 11) is 0. The predicted molar refractivity (Wildman–Crippen MR) is 121 cm³/mol. The molecule has 1 heterocycles. The molecule has 0 spiro atoms. The summed E-state index contributed by atoms with van der Waals surface area (Å²) in [6, 6.07) is 21.0. The van der Waals surface area contributed by atoms with E-state index < -0.39 is 0 Å². The number of benzene rings is 3. The highest BCUT2D eigenvalue weighted by Crippen LogP contribution is 2.20. The maximum atomic E-state index is 12.2. The Morgan fingerprint density at radius 2 is 1.70 bits per heavy atom. The molecule has 7 heteroatoms. The number of hydrogen-bond donors (Lipinski definition) is 1. The summed E-state index contributed by atoms with van der Waals surface area (Å²) in [5.41, 5.74) is 4.27. The van der Waals surface area contributed by atoms with Gasteiger partial charge in [-0.2, -0.15) is 4.80 Å². The molecule has 0 saturated carbocycles. The molecule has 0 unspecified atom stereocenters. The van der Waals surface area contributed by atoms with Crippen molar-refractivity contribution in [3.8, 4) is 11.4 Å². The molecule has 0 fully saturated rings. The van der Waals surface area contributed by atoms with E-state index in [1.54, 1.807) is 29.1 Å². The van der Waals surface area contributed by atoms with Gasteiger partial charge < -0.3 is 10.1 Å². The van der Waals surface area contributed by atoms with Gasteiger partial charge in [-0.3, -0.25) is 4.79 Å². The summed E-state index contributed by atoms with van der Waals surface area (Å²) in [6.45, 7) is 4.25. The highest BCUT2D eigenvalue weighted by atomic mass is 79.9. The second-order valence-corrected chi connectivity index (χ2v) is 8.15. The first kappa shape index (κ1) is 20.1. The summed E-state index contributed by atoms with van der Waals surface area (Å²) >= 11 is 3.37. The zero-order valence-corrected chi connectivity index (χ0v) is 18.3. The number of nitrogens with zero attached hydrogens (tertiary/aromatic N) is 3. The van der Waals surface area contributed by atoms with E-state index in [2.05, 4.69) is 57.4 Å². The van der Waals surface area contributed by atoms with Crippen molar-refractivity contribution < 1.29 is 9.53 Å². The van der Waals surface area contributed by atoms with Crippen LogP contribution in [0.2, 0.25) is 0 Å². The minimum atomic E-state index is -0.242. The number of carbonyl (C=O) groups excluding carboxylic acids is 1. The van der Waals surface area contributed by atoms with Crippen molar-refractivity contribution in [1.82, 2.24) is 15.0 Å². The second-order valence-electron chi connectivity index (χ2n) is 7.23. The fourth-order valence-corrected chi connectivity index (χ4v) is 3.24. The van der Waals surface area contributed by atoms with Gasteiger partial charge in [-0.1, -0.05) is 41.9 Å². The Balaban J connectivity index is 1.44. The van der Waals surface area contributed by atoms with E-state index in [9.17, 15) is 4.79 Å². The first-order valence-corrected chi connectivity index (χ1v) is 10.4. The van der Waals surface area contributed by atoms with Crippen molar-refractivity contribution in [2.45, 2.75) is 19.8 Å². The van der Waals surface area contributed by atoms with Crippen LogP contribution in [0.5, 0.6) is 5.75 Å². The number of amides is 1. The van der Waals surface area contributed by atoms with E-state index in [1.807, 2.05) is 30.3 Å². The molecule has 0 radical (unpaired) electrons. The van der Waals surface area contributed by atoms with Crippen LogP contribution in [0.25, 0.3) is 16.7 Å². The number of rotatable bonds is 6. The highest BCUT2D eigenvalue weighted by Gasteiger charge is 2.09. The number of fused-ring (bicyclic) bond motifs is 1.